The lowest BCUT2D eigenvalue weighted by atomic mass is 10.3. The molecular weight excluding hydrogens is 253 g/mol. The van der Waals surface area contributed by atoms with Crippen molar-refractivity contribution in [2.24, 2.45) is 0 Å². The van der Waals surface area contributed by atoms with E-state index in [9.17, 15) is 8.42 Å². The van der Waals surface area contributed by atoms with Crippen LogP contribution >= 0.6 is 34.9 Å². The lowest BCUT2D eigenvalue weighted by molar-refractivity contribution is 0.610. The molecule has 0 saturated heterocycles. The van der Waals surface area contributed by atoms with Crippen molar-refractivity contribution < 1.29 is 8.42 Å². The summed E-state index contributed by atoms with van der Waals surface area (Å²) in [6.07, 6.45) is 0. The van der Waals surface area contributed by atoms with Gasteiger partial charge in [0.1, 0.15) is 4.90 Å². The molecule has 3 nitrogen and oxygen atoms in total. The first-order valence-electron chi connectivity index (χ1n) is 3.05. The average molecular weight is 258 g/mol. The summed E-state index contributed by atoms with van der Waals surface area (Å²) in [6.45, 7) is 0. The third-order valence-corrected chi connectivity index (χ3v) is 3.30. The van der Waals surface area contributed by atoms with Crippen LogP contribution in [0.25, 0.3) is 0 Å². The summed E-state index contributed by atoms with van der Waals surface area (Å²) in [5.41, 5.74) is 5.44. The number of halogens is 2. The molecule has 7 heteroatoms. The molecule has 0 heterocycles. The molecule has 1 rings (SSSR count). The SMILES string of the molecule is Nc1c(S)cc(Cl)cc1S(=O)(=O)Cl. The monoisotopic (exact) mass is 257 g/mol. The van der Waals surface area contributed by atoms with Crippen molar-refractivity contribution >= 4 is 49.7 Å². The molecule has 0 aliphatic rings. The van der Waals surface area contributed by atoms with Crippen LogP contribution in [-0.4, -0.2) is 8.42 Å². The average Bonchev–Trinajstić information content (AvgIpc) is 1.94. The Hall–Kier alpha value is -0.100. The number of rotatable bonds is 1. The number of nitrogen functional groups attached to an aromatic ring is 1. The van der Waals surface area contributed by atoms with Gasteiger partial charge in [-0.1, -0.05) is 11.6 Å². The van der Waals surface area contributed by atoms with Gasteiger partial charge >= 0.3 is 0 Å². The van der Waals surface area contributed by atoms with E-state index < -0.39 is 9.05 Å². The third-order valence-electron chi connectivity index (χ3n) is 1.35. The van der Waals surface area contributed by atoms with Crippen molar-refractivity contribution in [3.05, 3.63) is 17.2 Å². The molecule has 0 aliphatic carbocycles. The molecule has 0 radical (unpaired) electrons. The topological polar surface area (TPSA) is 60.2 Å². The van der Waals surface area contributed by atoms with Gasteiger partial charge in [-0.3, -0.25) is 0 Å². The van der Waals surface area contributed by atoms with Gasteiger partial charge in [-0.15, -0.1) is 12.6 Å². The molecule has 0 atom stereocenters. The van der Waals surface area contributed by atoms with Crippen molar-refractivity contribution in [1.29, 1.82) is 0 Å². The molecule has 72 valence electrons. The van der Waals surface area contributed by atoms with Crippen molar-refractivity contribution in [3.8, 4) is 0 Å². The molecule has 0 fully saturated rings. The quantitative estimate of drug-likeness (QED) is 0.461. The summed E-state index contributed by atoms with van der Waals surface area (Å²) < 4.78 is 21.9. The van der Waals surface area contributed by atoms with Gasteiger partial charge in [0, 0.05) is 20.6 Å². The number of hydrogen-bond acceptors (Lipinski definition) is 4. The lowest BCUT2D eigenvalue weighted by Crippen LogP contribution is -1.99. The van der Waals surface area contributed by atoms with E-state index in [1.165, 1.54) is 12.1 Å². The van der Waals surface area contributed by atoms with E-state index in [2.05, 4.69) is 12.6 Å². The van der Waals surface area contributed by atoms with Crippen LogP contribution in [0.15, 0.2) is 21.9 Å². The van der Waals surface area contributed by atoms with Crippen LogP contribution in [-0.2, 0) is 9.05 Å². The highest BCUT2D eigenvalue weighted by atomic mass is 35.7. The summed E-state index contributed by atoms with van der Waals surface area (Å²) in [6, 6.07) is 2.62. The molecule has 1 aromatic rings. The molecule has 0 spiro atoms. The maximum Gasteiger partial charge on any atom is 0.263 e. The third kappa shape index (κ3) is 2.43. The van der Waals surface area contributed by atoms with Gasteiger partial charge in [0.2, 0.25) is 0 Å². The van der Waals surface area contributed by atoms with E-state index >= 15 is 0 Å². The van der Waals surface area contributed by atoms with Crippen molar-refractivity contribution in [2.45, 2.75) is 9.79 Å². The zero-order valence-electron chi connectivity index (χ0n) is 6.16. The molecule has 0 aliphatic heterocycles. The highest BCUT2D eigenvalue weighted by Gasteiger charge is 2.16. The van der Waals surface area contributed by atoms with Gasteiger partial charge < -0.3 is 5.73 Å². The van der Waals surface area contributed by atoms with Crippen LogP contribution in [0.1, 0.15) is 0 Å². The first kappa shape index (κ1) is 11.0. The van der Waals surface area contributed by atoms with Crippen molar-refractivity contribution in [2.75, 3.05) is 5.73 Å². The Balaban J connectivity index is 3.56. The first-order chi connectivity index (χ1) is 5.82. The van der Waals surface area contributed by atoms with Crippen LogP contribution < -0.4 is 5.73 Å². The van der Waals surface area contributed by atoms with Gasteiger partial charge in [0.15, 0.2) is 0 Å². The minimum absolute atomic E-state index is 0.00253. The van der Waals surface area contributed by atoms with Gasteiger partial charge in [-0.05, 0) is 12.1 Å². The maximum atomic E-state index is 11.0. The minimum atomic E-state index is -3.86. The molecule has 1 aromatic carbocycles. The zero-order valence-corrected chi connectivity index (χ0v) is 9.38. The lowest BCUT2D eigenvalue weighted by Gasteiger charge is -2.04. The van der Waals surface area contributed by atoms with Crippen LogP contribution in [0.2, 0.25) is 5.02 Å². The fraction of sp³-hybridized carbons (Fsp3) is 0. The zero-order chi connectivity index (χ0) is 10.2. The summed E-state index contributed by atoms with van der Waals surface area (Å²) in [7, 11) is 1.24. The van der Waals surface area contributed by atoms with Crippen LogP contribution in [0.4, 0.5) is 5.69 Å². The second-order valence-electron chi connectivity index (χ2n) is 2.27. The Morgan fingerprint density at radius 1 is 1.38 bits per heavy atom. The molecule has 0 amide bonds. The first-order valence-corrected chi connectivity index (χ1v) is 6.18. The summed E-state index contributed by atoms with van der Waals surface area (Å²) in [5.74, 6) is 0. The Labute approximate surface area is 90.7 Å². The summed E-state index contributed by atoms with van der Waals surface area (Å²) in [4.78, 5) is 0.0680. The number of hydrogen-bond donors (Lipinski definition) is 2. The van der Waals surface area contributed by atoms with E-state index in [0.717, 1.165) is 0 Å². The Morgan fingerprint density at radius 3 is 2.38 bits per heavy atom. The highest BCUT2D eigenvalue weighted by Crippen LogP contribution is 2.31. The van der Waals surface area contributed by atoms with E-state index in [1.807, 2.05) is 0 Å². The van der Waals surface area contributed by atoms with Gasteiger partial charge in [-0.25, -0.2) is 8.42 Å². The van der Waals surface area contributed by atoms with E-state index in [0.29, 0.717) is 0 Å². The summed E-state index contributed by atoms with van der Waals surface area (Å²) >= 11 is 9.54. The number of thiol groups is 1. The number of benzene rings is 1. The molecule has 2 N–H and O–H groups in total. The fourth-order valence-electron chi connectivity index (χ4n) is 0.781. The molecule has 0 saturated carbocycles. The van der Waals surface area contributed by atoms with Crippen LogP contribution in [0.3, 0.4) is 0 Å². The van der Waals surface area contributed by atoms with Crippen LogP contribution in [0.5, 0.6) is 0 Å². The standard InChI is InChI=1S/C6H5Cl2NO2S2/c7-3-1-4(12)6(9)5(2-3)13(8,10)11/h1-2,12H,9H2. The van der Waals surface area contributed by atoms with Crippen LogP contribution in [0, 0.1) is 0 Å². The molecule has 0 unspecified atom stereocenters. The maximum absolute atomic E-state index is 11.0. The fourth-order valence-corrected chi connectivity index (χ4v) is 2.50. The summed E-state index contributed by atoms with van der Waals surface area (Å²) in [5, 5.41) is 0.221. The number of anilines is 1. The predicted molar refractivity (Wildman–Crippen MR) is 56.2 cm³/mol. The van der Waals surface area contributed by atoms with Crippen molar-refractivity contribution in [3.63, 3.8) is 0 Å². The van der Waals surface area contributed by atoms with Crippen molar-refractivity contribution in [1.82, 2.24) is 0 Å². The molecule has 0 bridgehead atoms. The second kappa shape index (κ2) is 3.57. The number of nitrogens with two attached hydrogens (primary N) is 1. The molecular formula is C6H5Cl2NO2S2. The Kier molecular flexibility index (Phi) is 3.01. The minimum Gasteiger partial charge on any atom is -0.397 e. The van der Waals surface area contributed by atoms with Gasteiger partial charge in [0.25, 0.3) is 9.05 Å². The molecule has 13 heavy (non-hydrogen) atoms. The second-order valence-corrected chi connectivity index (χ2v) is 5.73. The highest BCUT2D eigenvalue weighted by molar-refractivity contribution is 8.13. The van der Waals surface area contributed by atoms with E-state index in [4.69, 9.17) is 28.0 Å². The Morgan fingerprint density at radius 2 is 1.92 bits per heavy atom. The largest absolute Gasteiger partial charge is 0.397 e. The Bertz CT molecular complexity index is 444. The normalized spacial score (nSPS) is 11.6. The smallest absolute Gasteiger partial charge is 0.263 e. The van der Waals surface area contributed by atoms with E-state index in [1.54, 1.807) is 0 Å². The van der Waals surface area contributed by atoms with Gasteiger partial charge in [-0.2, -0.15) is 0 Å². The van der Waals surface area contributed by atoms with Gasteiger partial charge in [0.05, 0.1) is 5.69 Å². The predicted octanol–water partition coefficient (Wildman–Crippen LogP) is 2.14. The molecule has 0 aromatic heterocycles. The van der Waals surface area contributed by atoms with E-state index in [-0.39, 0.29) is 20.5 Å².